The van der Waals surface area contributed by atoms with Crippen LogP contribution in [-0.2, 0) is 6.42 Å². The molecule has 0 aliphatic carbocycles. The van der Waals surface area contributed by atoms with E-state index in [-0.39, 0.29) is 24.4 Å². The quantitative estimate of drug-likeness (QED) is 0.428. The van der Waals surface area contributed by atoms with Gasteiger partial charge in [0.1, 0.15) is 0 Å². The number of aromatic amines is 1. The van der Waals surface area contributed by atoms with Crippen LogP contribution in [0.3, 0.4) is 0 Å². The van der Waals surface area contributed by atoms with Gasteiger partial charge in [-0.3, -0.25) is 19.4 Å². The van der Waals surface area contributed by atoms with Crippen LogP contribution in [0.5, 0.6) is 0 Å². The first-order valence-electron chi connectivity index (χ1n) is 12.0. The lowest BCUT2D eigenvalue weighted by molar-refractivity contribution is 0.0488. The minimum absolute atomic E-state index is 0.192. The summed E-state index contributed by atoms with van der Waals surface area (Å²) in [5, 5.41) is 12.4. The van der Waals surface area contributed by atoms with Crippen LogP contribution in [0.2, 0.25) is 0 Å². The normalized spacial score (nSPS) is 18.7. The molecule has 2 amide bonds. The number of hydrogen-bond donors (Lipinski definition) is 2. The Kier molecular flexibility index (Phi) is 5.28. The second-order valence-corrected chi connectivity index (χ2v) is 9.45. The summed E-state index contributed by atoms with van der Waals surface area (Å²) in [5.74, 6) is -0.497. The van der Waals surface area contributed by atoms with E-state index < -0.39 is 6.10 Å². The number of aliphatic hydroxyl groups is 1. The molecule has 0 fully saturated rings. The maximum atomic E-state index is 13.1. The number of aliphatic hydroxyl groups excluding tert-OH is 1. The number of para-hydroxylation sites is 1. The third kappa shape index (κ3) is 3.57. The Hall–Kier alpha value is -3.74. The van der Waals surface area contributed by atoms with Crippen LogP contribution in [0, 0.1) is 6.92 Å². The summed E-state index contributed by atoms with van der Waals surface area (Å²) in [6.45, 7) is 3.39. The van der Waals surface area contributed by atoms with Gasteiger partial charge in [-0.05, 0) is 42.7 Å². The molecule has 3 aromatic carbocycles. The van der Waals surface area contributed by atoms with Crippen LogP contribution in [0.4, 0.5) is 0 Å². The molecule has 6 rings (SSSR count). The molecule has 6 heteroatoms. The molecule has 0 radical (unpaired) electrons. The zero-order chi connectivity index (χ0) is 24.1. The smallest absolute Gasteiger partial charge is 0.261 e. The molecule has 2 atom stereocenters. The molecular formula is C29H27N3O3. The molecule has 2 N–H and O–H groups in total. The monoisotopic (exact) mass is 465 g/mol. The van der Waals surface area contributed by atoms with Gasteiger partial charge in [-0.2, -0.15) is 0 Å². The second-order valence-electron chi connectivity index (χ2n) is 9.45. The summed E-state index contributed by atoms with van der Waals surface area (Å²) >= 11 is 0. The first kappa shape index (κ1) is 21.8. The van der Waals surface area contributed by atoms with Gasteiger partial charge < -0.3 is 10.1 Å². The van der Waals surface area contributed by atoms with Crippen molar-refractivity contribution >= 4 is 22.7 Å². The maximum absolute atomic E-state index is 13.1. The number of fused-ring (bicyclic) bond motifs is 3. The second kappa shape index (κ2) is 8.48. The van der Waals surface area contributed by atoms with Crippen molar-refractivity contribution in [3.05, 3.63) is 106 Å². The number of nitrogens with zero attached hydrogens (tertiary/aromatic N) is 2. The maximum Gasteiger partial charge on any atom is 0.261 e. The Morgan fingerprint density at radius 3 is 2.37 bits per heavy atom. The van der Waals surface area contributed by atoms with E-state index >= 15 is 0 Å². The van der Waals surface area contributed by atoms with Crippen LogP contribution in [0.15, 0.2) is 72.8 Å². The summed E-state index contributed by atoms with van der Waals surface area (Å²) in [5.41, 5.74) is 6.11. The Morgan fingerprint density at radius 1 is 0.943 bits per heavy atom. The van der Waals surface area contributed by atoms with Crippen LogP contribution in [0.25, 0.3) is 10.9 Å². The lowest BCUT2D eigenvalue weighted by Crippen LogP contribution is -2.45. The van der Waals surface area contributed by atoms with Crippen molar-refractivity contribution in [1.82, 2.24) is 14.8 Å². The van der Waals surface area contributed by atoms with E-state index in [1.54, 1.807) is 24.3 Å². The highest BCUT2D eigenvalue weighted by Gasteiger charge is 2.39. The number of aryl methyl sites for hydroxylation is 1. The largest absolute Gasteiger partial charge is 0.387 e. The topological polar surface area (TPSA) is 76.6 Å². The Morgan fingerprint density at radius 2 is 1.60 bits per heavy atom. The molecule has 2 aliphatic rings. The van der Waals surface area contributed by atoms with Crippen molar-refractivity contribution in [2.45, 2.75) is 25.5 Å². The number of hydrogen-bond acceptors (Lipinski definition) is 4. The highest BCUT2D eigenvalue weighted by Crippen LogP contribution is 2.36. The lowest BCUT2D eigenvalue weighted by atomic mass is 9.91. The van der Waals surface area contributed by atoms with Gasteiger partial charge in [-0.1, -0.05) is 54.6 Å². The van der Waals surface area contributed by atoms with Gasteiger partial charge in [0.25, 0.3) is 11.8 Å². The highest BCUT2D eigenvalue weighted by molar-refractivity contribution is 6.21. The minimum atomic E-state index is -0.707. The molecule has 4 aromatic rings. The Labute approximate surface area is 203 Å². The molecule has 6 nitrogen and oxygen atoms in total. The van der Waals surface area contributed by atoms with Crippen LogP contribution < -0.4 is 0 Å². The number of benzene rings is 3. The standard InChI is InChI=1S/C29H27N3O3/c1-18-27(23-12-6-7-13-24(23)30-18)26(33)17-31-15-14-19-8-2-3-9-20(19)25(31)16-32-28(34)21-10-4-5-11-22(21)29(32)35/h2-13,25-26,30,33H,14-17H2,1H3/t25-,26-/m0/s1. The van der Waals surface area contributed by atoms with Crippen molar-refractivity contribution < 1.29 is 14.7 Å². The number of β-amino-alcohol motifs (C(OH)–C–C–N with tert-alkyl or cyclic N) is 1. The molecular weight excluding hydrogens is 438 g/mol. The highest BCUT2D eigenvalue weighted by atomic mass is 16.3. The summed E-state index contributed by atoms with van der Waals surface area (Å²) < 4.78 is 0. The van der Waals surface area contributed by atoms with Gasteiger partial charge in [0, 0.05) is 41.8 Å². The molecule has 0 spiro atoms. The number of nitrogens with one attached hydrogen (secondary N) is 1. The van der Waals surface area contributed by atoms with Crippen molar-refractivity contribution in [3.63, 3.8) is 0 Å². The number of amides is 2. The predicted octanol–water partition coefficient (Wildman–Crippen LogP) is 4.41. The first-order chi connectivity index (χ1) is 17.0. The molecule has 35 heavy (non-hydrogen) atoms. The molecule has 0 bridgehead atoms. The molecule has 3 heterocycles. The molecule has 0 unspecified atom stereocenters. The van der Waals surface area contributed by atoms with E-state index in [4.69, 9.17) is 0 Å². The third-order valence-electron chi connectivity index (χ3n) is 7.44. The minimum Gasteiger partial charge on any atom is -0.387 e. The number of rotatable bonds is 5. The van der Waals surface area contributed by atoms with Crippen LogP contribution in [0.1, 0.15) is 55.2 Å². The van der Waals surface area contributed by atoms with Crippen molar-refractivity contribution in [3.8, 4) is 0 Å². The fourth-order valence-electron chi connectivity index (χ4n) is 5.75. The lowest BCUT2D eigenvalue weighted by Gasteiger charge is -2.39. The number of aromatic nitrogens is 1. The van der Waals surface area contributed by atoms with Crippen molar-refractivity contribution in [2.75, 3.05) is 19.6 Å². The summed E-state index contributed by atoms with van der Waals surface area (Å²) in [4.78, 5) is 33.2. The molecule has 2 aliphatic heterocycles. The SMILES string of the molecule is Cc1[nH]c2ccccc2c1[C@@H](O)CN1CCc2ccccc2[C@@H]1CN1C(=O)c2ccccc2C1=O. The average molecular weight is 466 g/mol. The molecule has 0 saturated carbocycles. The van der Waals surface area contributed by atoms with Gasteiger partial charge in [0.15, 0.2) is 0 Å². The van der Waals surface area contributed by atoms with E-state index in [1.807, 2.05) is 43.3 Å². The van der Waals surface area contributed by atoms with Crippen molar-refractivity contribution in [2.24, 2.45) is 0 Å². The van der Waals surface area contributed by atoms with E-state index in [1.165, 1.54) is 10.5 Å². The predicted molar refractivity (Wildman–Crippen MR) is 134 cm³/mol. The number of carbonyl (C=O) groups is 2. The number of carbonyl (C=O) groups excluding carboxylic acids is 2. The van der Waals surface area contributed by atoms with Crippen LogP contribution in [-0.4, -0.2) is 51.3 Å². The average Bonchev–Trinajstić information content (AvgIpc) is 3.34. The van der Waals surface area contributed by atoms with Crippen molar-refractivity contribution in [1.29, 1.82) is 0 Å². The zero-order valence-corrected chi connectivity index (χ0v) is 19.6. The van der Waals surface area contributed by atoms with Gasteiger partial charge in [-0.25, -0.2) is 0 Å². The van der Waals surface area contributed by atoms with E-state index in [0.717, 1.165) is 40.7 Å². The zero-order valence-electron chi connectivity index (χ0n) is 19.6. The van der Waals surface area contributed by atoms with Gasteiger partial charge in [0.05, 0.1) is 23.3 Å². The fourth-order valence-corrected chi connectivity index (χ4v) is 5.75. The third-order valence-corrected chi connectivity index (χ3v) is 7.44. The first-order valence-corrected chi connectivity index (χ1v) is 12.0. The van der Waals surface area contributed by atoms with Gasteiger partial charge >= 0.3 is 0 Å². The van der Waals surface area contributed by atoms with E-state index in [2.05, 4.69) is 22.0 Å². The van der Waals surface area contributed by atoms with Gasteiger partial charge in [-0.15, -0.1) is 0 Å². The van der Waals surface area contributed by atoms with Crippen LogP contribution >= 0.6 is 0 Å². The summed E-state index contributed by atoms with van der Waals surface area (Å²) in [6, 6.07) is 23.0. The summed E-state index contributed by atoms with van der Waals surface area (Å²) in [7, 11) is 0. The van der Waals surface area contributed by atoms with Gasteiger partial charge in [0.2, 0.25) is 0 Å². The molecule has 0 saturated heterocycles. The molecule has 176 valence electrons. The molecule has 1 aromatic heterocycles. The van der Waals surface area contributed by atoms with E-state index in [0.29, 0.717) is 17.7 Å². The summed E-state index contributed by atoms with van der Waals surface area (Å²) in [6.07, 6.45) is 0.148. The Bertz CT molecular complexity index is 1420. The number of H-pyrrole nitrogens is 1. The fraction of sp³-hybridized carbons (Fsp3) is 0.241. The van der Waals surface area contributed by atoms with E-state index in [9.17, 15) is 14.7 Å². The Balaban J connectivity index is 1.33. The number of imide groups is 1.